The van der Waals surface area contributed by atoms with Crippen LogP contribution in [0.3, 0.4) is 0 Å². The van der Waals surface area contributed by atoms with Crippen LogP contribution in [0.15, 0.2) is 35.5 Å². The number of alkyl halides is 1. The van der Waals surface area contributed by atoms with Crippen LogP contribution in [-0.4, -0.2) is 49.3 Å². The second kappa shape index (κ2) is 7.61. The van der Waals surface area contributed by atoms with E-state index in [4.69, 9.17) is 14.5 Å². The minimum absolute atomic E-state index is 0.0748. The lowest BCUT2D eigenvalue weighted by Gasteiger charge is -2.24. The number of anilines is 1. The van der Waals surface area contributed by atoms with Crippen molar-refractivity contribution >= 4 is 17.4 Å². The van der Waals surface area contributed by atoms with E-state index in [2.05, 4.69) is 17.2 Å². The van der Waals surface area contributed by atoms with Gasteiger partial charge in [-0.15, -0.1) is 0 Å². The monoisotopic (exact) mass is 481 g/mol. The molecule has 1 aliphatic heterocycles. The largest absolute Gasteiger partial charge is 0.474 e. The molecule has 6 rings (SSSR count). The van der Waals surface area contributed by atoms with Gasteiger partial charge in [0, 0.05) is 30.4 Å². The van der Waals surface area contributed by atoms with Gasteiger partial charge < -0.3 is 19.4 Å². The van der Waals surface area contributed by atoms with E-state index >= 15 is 0 Å². The predicted molar refractivity (Wildman–Crippen MR) is 126 cm³/mol. The molecule has 0 spiro atoms. The molecule has 2 aliphatic carbocycles. The highest BCUT2D eigenvalue weighted by atomic mass is 19.1. The molecule has 10 heteroatoms. The predicted octanol–water partition coefficient (Wildman–Crippen LogP) is 3.42. The summed E-state index contributed by atoms with van der Waals surface area (Å²) < 4.78 is 28.5. The summed E-state index contributed by atoms with van der Waals surface area (Å²) in [5.41, 5.74) is 0.458. The van der Waals surface area contributed by atoms with E-state index in [1.807, 2.05) is 20.0 Å². The van der Waals surface area contributed by atoms with Crippen LogP contribution in [0.5, 0.6) is 5.88 Å². The fourth-order valence-corrected chi connectivity index (χ4v) is 5.37. The fraction of sp³-hybridized carbons (Fsp3) is 0.520. The molecule has 4 heterocycles. The van der Waals surface area contributed by atoms with Crippen molar-refractivity contribution in [1.29, 1.82) is 0 Å². The van der Waals surface area contributed by atoms with Gasteiger partial charge in [0.2, 0.25) is 11.7 Å². The Morgan fingerprint density at radius 1 is 1.31 bits per heavy atom. The third-order valence-electron chi connectivity index (χ3n) is 7.35. The second-order valence-electron chi connectivity index (χ2n) is 10.6. The first-order valence-electron chi connectivity index (χ1n) is 12.0. The zero-order valence-electron chi connectivity index (χ0n) is 20.0. The maximum atomic E-state index is 13.5. The quantitative estimate of drug-likeness (QED) is 0.579. The minimum atomic E-state index is -1.03. The van der Waals surface area contributed by atoms with Gasteiger partial charge in [0.1, 0.15) is 17.4 Å². The third kappa shape index (κ3) is 3.71. The number of imidazole rings is 1. The number of nitrogens with one attached hydrogen (secondary N) is 1. The summed E-state index contributed by atoms with van der Waals surface area (Å²) in [5, 5.41) is 2.67. The smallest absolute Gasteiger partial charge is 0.274 e. The highest BCUT2D eigenvalue weighted by molar-refractivity contribution is 6.05. The van der Waals surface area contributed by atoms with Crippen LogP contribution < -0.4 is 15.6 Å². The molecule has 0 unspecified atom stereocenters. The van der Waals surface area contributed by atoms with Gasteiger partial charge in [0.25, 0.3) is 11.5 Å². The topological polar surface area (TPSA) is 99.8 Å². The molecule has 9 nitrogen and oxygen atoms in total. The highest BCUT2D eigenvalue weighted by Gasteiger charge is 2.55. The van der Waals surface area contributed by atoms with Gasteiger partial charge in [-0.25, -0.2) is 9.37 Å². The van der Waals surface area contributed by atoms with E-state index in [1.54, 1.807) is 16.7 Å². The summed E-state index contributed by atoms with van der Waals surface area (Å²) in [7, 11) is 0. The SMILES string of the molecule is CC(C)Oc1nc2nc([C@@]34CC[C@@](C)(C3)OC4)cn2cc1C(=O)Nc1cccn([C@@H]2C[C@H]2F)c1=O. The van der Waals surface area contributed by atoms with Gasteiger partial charge in [-0.05, 0) is 52.2 Å². The molecule has 2 bridgehead atoms. The van der Waals surface area contributed by atoms with Crippen LogP contribution in [0.2, 0.25) is 0 Å². The fourth-order valence-electron chi connectivity index (χ4n) is 5.37. The molecule has 1 saturated heterocycles. The van der Waals surface area contributed by atoms with E-state index in [0.717, 1.165) is 25.0 Å². The number of hydrogen-bond donors (Lipinski definition) is 1. The van der Waals surface area contributed by atoms with Crippen molar-refractivity contribution in [2.24, 2.45) is 0 Å². The van der Waals surface area contributed by atoms with Gasteiger partial charge in [-0.2, -0.15) is 4.98 Å². The van der Waals surface area contributed by atoms with Gasteiger partial charge in [-0.3, -0.25) is 14.0 Å². The minimum Gasteiger partial charge on any atom is -0.474 e. The Morgan fingerprint density at radius 2 is 2.11 bits per heavy atom. The Morgan fingerprint density at radius 3 is 2.74 bits per heavy atom. The van der Waals surface area contributed by atoms with Gasteiger partial charge in [0.05, 0.1) is 30.0 Å². The number of amides is 1. The first-order chi connectivity index (χ1) is 16.7. The second-order valence-corrected chi connectivity index (χ2v) is 10.6. The molecule has 0 aromatic carbocycles. The van der Waals surface area contributed by atoms with Crippen molar-refractivity contribution in [3.8, 4) is 5.88 Å². The average molecular weight is 482 g/mol. The van der Waals surface area contributed by atoms with Gasteiger partial charge >= 0.3 is 0 Å². The summed E-state index contributed by atoms with van der Waals surface area (Å²) in [5.74, 6) is 0.0382. The standard InChI is InChI=1S/C25H28FN5O4/c1-14(2)35-21-15(20(32)27-17-5-4-8-31(22(17)33)18-9-16(18)26)10-30-11-19(28-23(30)29-21)25-7-6-24(3,12-25)34-13-25/h4-5,8,10-11,14,16,18H,6-7,9,12-13H2,1-3H3,(H,27,32)/t16-,18-,24+,25+/m1/s1. The first-order valence-corrected chi connectivity index (χ1v) is 12.0. The van der Waals surface area contributed by atoms with Crippen molar-refractivity contribution in [3.05, 3.63) is 52.3 Å². The summed E-state index contributed by atoms with van der Waals surface area (Å²) in [4.78, 5) is 35.4. The van der Waals surface area contributed by atoms with E-state index < -0.39 is 23.7 Å². The van der Waals surface area contributed by atoms with Crippen LogP contribution in [0.4, 0.5) is 10.1 Å². The number of carbonyl (C=O) groups excluding carboxylic acids is 1. The number of nitrogens with zero attached hydrogens (tertiary/aromatic N) is 4. The van der Waals surface area contributed by atoms with E-state index in [-0.39, 0.29) is 34.3 Å². The molecule has 3 fully saturated rings. The molecule has 1 N–H and O–H groups in total. The molecule has 4 atom stereocenters. The number of rotatable bonds is 6. The molecule has 35 heavy (non-hydrogen) atoms. The van der Waals surface area contributed by atoms with E-state index in [0.29, 0.717) is 18.8 Å². The lowest BCUT2D eigenvalue weighted by molar-refractivity contribution is -0.00627. The molecule has 2 saturated carbocycles. The zero-order valence-corrected chi connectivity index (χ0v) is 20.0. The van der Waals surface area contributed by atoms with Crippen molar-refractivity contribution in [3.63, 3.8) is 0 Å². The molecular formula is C25H28FN5O4. The van der Waals surface area contributed by atoms with Crippen LogP contribution in [-0.2, 0) is 10.2 Å². The Hall–Kier alpha value is -3.27. The number of ether oxygens (including phenoxy) is 2. The lowest BCUT2D eigenvalue weighted by atomic mass is 9.84. The van der Waals surface area contributed by atoms with Crippen LogP contribution >= 0.6 is 0 Å². The molecule has 184 valence electrons. The Balaban J connectivity index is 1.35. The number of hydrogen-bond acceptors (Lipinski definition) is 6. The normalized spacial score (nSPS) is 29.2. The van der Waals surface area contributed by atoms with E-state index in [9.17, 15) is 14.0 Å². The summed E-state index contributed by atoms with van der Waals surface area (Å²) >= 11 is 0. The summed E-state index contributed by atoms with van der Waals surface area (Å²) in [6, 6.07) is 2.65. The maximum absolute atomic E-state index is 13.5. The average Bonchev–Trinajstić information content (AvgIpc) is 3.12. The van der Waals surface area contributed by atoms with Crippen molar-refractivity contribution in [2.75, 3.05) is 11.9 Å². The molecule has 3 aromatic heterocycles. The molecule has 0 radical (unpaired) electrons. The third-order valence-corrected chi connectivity index (χ3v) is 7.35. The number of carbonyl (C=O) groups is 1. The Labute approximate surface area is 201 Å². The van der Waals surface area contributed by atoms with Crippen LogP contribution in [0, 0.1) is 0 Å². The van der Waals surface area contributed by atoms with Gasteiger partial charge in [0.15, 0.2) is 0 Å². The van der Waals surface area contributed by atoms with Crippen molar-refractivity contribution < 1.29 is 18.7 Å². The molecule has 1 amide bonds. The highest BCUT2D eigenvalue weighted by Crippen LogP contribution is 2.53. The molecule has 3 aromatic rings. The van der Waals surface area contributed by atoms with E-state index in [1.165, 1.54) is 16.8 Å². The number of pyridine rings is 1. The maximum Gasteiger partial charge on any atom is 0.274 e. The van der Waals surface area contributed by atoms with Crippen LogP contribution in [0.1, 0.15) is 68.5 Å². The number of halogens is 1. The molecule has 3 aliphatic rings. The Bertz CT molecular complexity index is 1390. The number of fused-ring (bicyclic) bond motifs is 3. The van der Waals surface area contributed by atoms with Crippen LogP contribution in [0.25, 0.3) is 5.78 Å². The summed E-state index contributed by atoms with van der Waals surface area (Å²) in [6.07, 6.45) is 7.01. The number of aromatic nitrogens is 4. The van der Waals surface area contributed by atoms with Gasteiger partial charge in [-0.1, -0.05) is 0 Å². The van der Waals surface area contributed by atoms with Crippen molar-refractivity contribution in [2.45, 2.75) is 75.8 Å². The Kier molecular flexibility index (Phi) is 4.83. The lowest BCUT2D eigenvalue weighted by Crippen LogP contribution is -2.26. The summed E-state index contributed by atoms with van der Waals surface area (Å²) in [6.45, 7) is 6.45. The zero-order chi connectivity index (χ0) is 24.5. The van der Waals surface area contributed by atoms with Crippen molar-refractivity contribution in [1.82, 2.24) is 18.9 Å². The first kappa shape index (κ1) is 22.2. The molecular weight excluding hydrogens is 453 g/mol.